The molecular weight excluding hydrogens is 224 g/mol. The van der Waals surface area contributed by atoms with Crippen molar-refractivity contribution in [2.24, 2.45) is 11.7 Å². The average molecular weight is 250 g/mol. The van der Waals surface area contributed by atoms with E-state index >= 15 is 0 Å². The molecule has 0 radical (unpaired) electrons. The van der Waals surface area contributed by atoms with Gasteiger partial charge in [-0.3, -0.25) is 0 Å². The van der Waals surface area contributed by atoms with Gasteiger partial charge in [0.15, 0.2) is 0 Å². The number of aromatic nitrogens is 2. The number of nitrogens with two attached hydrogens (primary N) is 1. The summed E-state index contributed by atoms with van der Waals surface area (Å²) in [7, 11) is 0. The Labute approximate surface area is 110 Å². The number of hydrogen-bond donors (Lipinski definition) is 2. The lowest BCUT2D eigenvalue weighted by atomic mass is 9.91. The van der Waals surface area contributed by atoms with E-state index in [4.69, 9.17) is 5.73 Å². The molecule has 4 heteroatoms. The van der Waals surface area contributed by atoms with Crippen LogP contribution in [0, 0.1) is 5.92 Å². The van der Waals surface area contributed by atoms with Crippen LogP contribution in [0.15, 0.2) is 12.4 Å². The Balaban J connectivity index is 2.77. The predicted molar refractivity (Wildman–Crippen MR) is 76.6 cm³/mol. The van der Waals surface area contributed by atoms with E-state index in [1.165, 1.54) is 0 Å². The fraction of sp³-hybridized carbons (Fsp3) is 0.714. The summed E-state index contributed by atoms with van der Waals surface area (Å²) in [6.07, 6.45) is 4.73. The first-order chi connectivity index (χ1) is 8.49. The van der Waals surface area contributed by atoms with Gasteiger partial charge in [-0.25, -0.2) is 9.97 Å². The minimum atomic E-state index is -0.105. The van der Waals surface area contributed by atoms with Crippen LogP contribution < -0.4 is 11.1 Å². The van der Waals surface area contributed by atoms with Crippen LogP contribution >= 0.6 is 0 Å². The molecule has 0 aliphatic heterocycles. The zero-order valence-electron chi connectivity index (χ0n) is 12.0. The van der Waals surface area contributed by atoms with Crippen LogP contribution in [0.5, 0.6) is 0 Å². The fourth-order valence-electron chi connectivity index (χ4n) is 2.25. The van der Waals surface area contributed by atoms with Crippen molar-refractivity contribution in [2.75, 3.05) is 11.9 Å². The Morgan fingerprint density at radius 3 is 2.67 bits per heavy atom. The van der Waals surface area contributed by atoms with Gasteiger partial charge >= 0.3 is 0 Å². The smallest absolute Gasteiger partial charge is 0.130 e. The van der Waals surface area contributed by atoms with Crippen molar-refractivity contribution >= 4 is 5.82 Å². The van der Waals surface area contributed by atoms with E-state index in [0.717, 1.165) is 30.8 Å². The molecule has 3 N–H and O–H groups in total. The molecule has 0 saturated carbocycles. The maximum Gasteiger partial charge on any atom is 0.130 e. The minimum Gasteiger partial charge on any atom is -0.364 e. The molecule has 0 fully saturated rings. The van der Waals surface area contributed by atoms with E-state index in [1.54, 1.807) is 6.33 Å². The van der Waals surface area contributed by atoms with E-state index in [9.17, 15) is 0 Å². The van der Waals surface area contributed by atoms with E-state index in [1.807, 2.05) is 6.07 Å². The number of nitrogens with zero attached hydrogens (tertiary/aromatic N) is 2. The largest absolute Gasteiger partial charge is 0.364 e. The molecule has 1 rings (SSSR count). The summed E-state index contributed by atoms with van der Waals surface area (Å²) in [5.74, 6) is 1.48. The van der Waals surface area contributed by atoms with Gasteiger partial charge in [-0.05, 0) is 25.7 Å². The normalized spacial score (nSPS) is 14.6. The molecule has 0 spiro atoms. The monoisotopic (exact) mass is 250 g/mol. The highest BCUT2D eigenvalue weighted by Crippen LogP contribution is 2.20. The zero-order valence-corrected chi connectivity index (χ0v) is 12.0. The second-order valence-corrected chi connectivity index (χ2v) is 5.63. The number of nitrogens with one attached hydrogen (secondary N) is 1. The SMILES string of the molecule is CCCc1cc(NC(C)(CN)CC(C)C)ncn1. The lowest BCUT2D eigenvalue weighted by Gasteiger charge is -2.31. The molecule has 0 aromatic carbocycles. The second kappa shape index (κ2) is 6.69. The van der Waals surface area contributed by atoms with Crippen LogP contribution in [0.2, 0.25) is 0 Å². The summed E-state index contributed by atoms with van der Waals surface area (Å²) in [6, 6.07) is 2.03. The summed E-state index contributed by atoms with van der Waals surface area (Å²) in [5, 5.41) is 3.46. The molecule has 1 aromatic rings. The third kappa shape index (κ3) is 4.61. The summed E-state index contributed by atoms with van der Waals surface area (Å²) < 4.78 is 0. The lowest BCUT2D eigenvalue weighted by molar-refractivity contribution is 0.406. The molecule has 1 atom stereocenters. The van der Waals surface area contributed by atoms with Crippen LogP contribution in [0.25, 0.3) is 0 Å². The summed E-state index contributed by atoms with van der Waals surface area (Å²) in [5.41, 5.74) is 6.87. The minimum absolute atomic E-state index is 0.105. The summed E-state index contributed by atoms with van der Waals surface area (Å²) in [4.78, 5) is 8.55. The van der Waals surface area contributed by atoms with Crippen LogP contribution in [0.1, 0.15) is 46.2 Å². The third-order valence-electron chi connectivity index (χ3n) is 2.97. The third-order valence-corrected chi connectivity index (χ3v) is 2.97. The van der Waals surface area contributed by atoms with Crippen molar-refractivity contribution in [3.63, 3.8) is 0 Å². The van der Waals surface area contributed by atoms with Crippen LogP contribution in [-0.4, -0.2) is 22.1 Å². The van der Waals surface area contributed by atoms with Crippen molar-refractivity contribution in [2.45, 2.75) is 52.5 Å². The standard InChI is InChI=1S/C14H26N4/c1-5-6-12-7-13(17-10-16-12)18-14(4,9-15)8-11(2)3/h7,10-11H,5-6,8-9,15H2,1-4H3,(H,16,17,18). The molecule has 102 valence electrons. The zero-order chi connectivity index (χ0) is 13.6. The number of hydrogen-bond acceptors (Lipinski definition) is 4. The van der Waals surface area contributed by atoms with Crippen molar-refractivity contribution in [3.8, 4) is 0 Å². The van der Waals surface area contributed by atoms with Gasteiger partial charge in [0.05, 0.1) is 0 Å². The molecular formula is C14H26N4. The van der Waals surface area contributed by atoms with Gasteiger partial charge in [-0.15, -0.1) is 0 Å². The molecule has 1 heterocycles. The molecule has 0 aliphatic carbocycles. The topological polar surface area (TPSA) is 63.8 Å². The van der Waals surface area contributed by atoms with Gasteiger partial charge in [0.1, 0.15) is 12.1 Å². The quantitative estimate of drug-likeness (QED) is 0.780. The van der Waals surface area contributed by atoms with Crippen molar-refractivity contribution in [1.82, 2.24) is 9.97 Å². The average Bonchev–Trinajstić information content (AvgIpc) is 2.28. The van der Waals surface area contributed by atoms with Crippen molar-refractivity contribution < 1.29 is 0 Å². The Morgan fingerprint density at radius 1 is 1.39 bits per heavy atom. The van der Waals surface area contributed by atoms with Crippen molar-refractivity contribution in [1.29, 1.82) is 0 Å². The van der Waals surface area contributed by atoms with E-state index in [0.29, 0.717) is 12.5 Å². The molecule has 0 bridgehead atoms. The van der Waals surface area contributed by atoms with Gasteiger partial charge in [0, 0.05) is 23.8 Å². The summed E-state index contributed by atoms with van der Waals surface area (Å²) in [6.45, 7) is 9.31. The first kappa shape index (κ1) is 14.9. The number of rotatable bonds is 7. The van der Waals surface area contributed by atoms with Crippen molar-refractivity contribution in [3.05, 3.63) is 18.1 Å². The molecule has 0 amide bonds. The molecule has 1 aromatic heterocycles. The summed E-state index contributed by atoms with van der Waals surface area (Å²) >= 11 is 0. The number of aryl methyl sites for hydroxylation is 1. The molecule has 0 saturated heterocycles. The van der Waals surface area contributed by atoms with Gasteiger partial charge in [-0.1, -0.05) is 27.2 Å². The maximum atomic E-state index is 5.89. The van der Waals surface area contributed by atoms with E-state index in [-0.39, 0.29) is 5.54 Å². The van der Waals surface area contributed by atoms with Gasteiger partial charge < -0.3 is 11.1 Å². The lowest BCUT2D eigenvalue weighted by Crippen LogP contribution is -2.43. The first-order valence-electron chi connectivity index (χ1n) is 6.78. The van der Waals surface area contributed by atoms with Crippen LogP contribution in [0.4, 0.5) is 5.82 Å². The van der Waals surface area contributed by atoms with Gasteiger partial charge in [0.2, 0.25) is 0 Å². The second-order valence-electron chi connectivity index (χ2n) is 5.63. The highest BCUT2D eigenvalue weighted by molar-refractivity contribution is 5.38. The van der Waals surface area contributed by atoms with E-state index in [2.05, 4.69) is 43.0 Å². The number of anilines is 1. The molecule has 18 heavy (non-hydrogen) atoms. The van der Waals surface area contributed by atoms with Gasteiger partial charge in [0.25, 0.3) is 0 Å². The molecule has 1 unspecified atom stereocenters. The predicted octanol–water partition coefficient (Wildman–Crippen LogP) is 2.60. The molecule has 0 aliphatic rings. The van der Waals surface area contributed by atoms with E-state index < -0.39 is 0 Å². The Bertz CT molecular complexity index is 365. The highest BCUT2D eigenvalue weighted by Gasteiger charge is 2.24. The highest BCUT2D eigenvalue weighted by atomic mass is 15.1. The Morgan fingerprint density at radius 2 is 2.11 bits per heavy atom. The van der Waals surface area contributed by atoms with Crippen LogP contribution in [0.3, 0.4) is 0 Å². The first-order valence-corrected chi connectivity index (χ1v) is 6.78. The Kier molecular flexibility index (Phi) is 5.54. The van der Waals surface area contributed by atoms with Gasteiger partial charge in [-0.2, -0.15) is 0 Å². The Hall–Kier alpha value is -1.16. The fourth-order valence-corrected chi connectivity index (χ4v) is 2.25. The molecule has 4 nitrogen and oxygen atoms in total. The van der Waals surface area contributed by atoms with Crippen LogP contribution in [-0.2, 0) is 6.42 Å². The maximum absolute atomic E-state index is 5.89.